The minimum absolute atomic E-state index is 0.0432. The van der Waals surface area contributed by atoms with Gasteiger partial charge in [0.05, 0.1) is 12.5 Å². The largest absolute Gasteiger partial charge is 0.497 e. The van der Waals surface area contributed by atoms with Gasteiger partial charge in [-0.1, -0.05) is 12.1 Å². The van der Waals surface area contributed by atoms with Crippen LogP contribution in [-0.4, -0.2) is 24.1 Å². The highest BCUT2D eigenvalue weighted by Crippen LogP contribution is 2.20. The van der Waals surface area contributed by atoms with Gasteiger partial charge in [-0.05, 0) is 31.5 Å². The van der Waals surface area contributed by atoms with Crippen LogP contribution in [0.2, 0.25) is 0 Å². The van der Waals surface area contributed by atoms with E-state index in [4.69, 9.17) is 9.84 Å². The maximum atomic E-state index is 11.7. The molecule has 0 atom stereocenters. The molecule has 5 heteroatoms. The van der Waals surface area contributed by atoms with Crippen LogP contribution in [-0.2, 0) is 16.1 Å². The second-order valence-corrected chi connectivity index (χ2v) is 4.99. The van der Waals surface area contributed by atoms with E-state index in [1.54, 1.807) is 7.11 Å². The van der Waals surface area contributed by atoms with Crippen molar-refractivity contribution < 1.29 is 19.4 Å². The maximum Gasteiger partial charge on any atom is 0.309 e. The first kappa shape index (κ1) is 15.0. The molecule has 0 spiro atoms. The SMILES string of the molecule is COc1ccc(CNC(=O)CC(C)(C)C(=O)O)cc1. The molecule has 0 aliphatic heterocycles. The third kappa shape index (κ3) is 4.62. The lowest BCUT2D eigenvalue weighted by molar-refractivity contribution is -0.149. The van der Waals surface area contributed by atoms with Crippen molar-refractivity contribution in [1.29, 1.82) is 0 Å². The van der Waals surface area contributed by atoms with E-state index in [0.717, 1.165) is 11.3 Å². The fourth-order valence-electron chi connectivity index (χ4n) is 1.48. The zero-order valence-corrected chi connectivity index (χ0v) is 11.4. The second kappa shape index (κ2) is 6.22. The molecular formula is C14H19NO4. The Morgan fingerprint density at radius 2 is 1.84 bits per heavy atom. The van der Waals surface area contributed by atoms with Gasteiger partial charge in [0.1, 0.15) is 5.75 Å². The summed E-state index contributed by atoms with van der Waals surface area (Å²) in [5.74, 6) is -0.502. The molecule has 0 fully saturated rings. The molecule has 0 saturated carbocycles. The summed E-state index contributed by atoms with van der Waals surface area (Å²) in [7, 11) is 1.59. The number of carbonyl (C=O) groups is 2. The van der Waals surface area contributed by atoms with Gasteiger partial charge in [-0.3, -0.25) is 9.59 Å². The Morgan fingerprint density at radius 1 is 1.26 bits per heavy atom. The third-order valence-electron chi connectivity index (χ3n) is 2.83. The summed E-state index contributed by atoms with van der Waals surface area (Å²) < 4.78 is 5.03. The Bertz CT molecular complexity index is 451. The molecule has 1 amide bonds. The average Bonchev–Trinajstić information content (AvgIpc) is 2.36. The Balaban J connectivity index is 2.48. The van der Waals surface area contributed by atoms with Crippen LogP contribution < -0.4 is 10.1 Å². The molecule has 0 heterocycles. The minimum atomic E-state index is -1.05. The highest BCUT2D eigenvalue weighted by Gasteiger charge is 2.29. The molecule has 0 unspecified atom stereocenters. The number of aliphatic carboxylic acids is 1. The maximum absolute atomic E-state index is 11.7. The smallest absolute Gasteiger partial charge is 0.309 e. The van der Waals surface area contributed by atoms with Crippen molar-refractivity contribution in [3.05, 3.63) is 29.8 Å². The van der Waals surface area contributed by atoms with Gasteiger partial charge >= 0.3 is 5.97 Å². The number of benzene rings is 1. The van der Waals surface area contributed by atoms with Crippen LogP contribution in [0.1, 0.15) is 25.8 Å². The number of amides is 1. The third-order valence-corrected chi connectivity index (χ3v) is 2.83. The van der Waals surface area contributed by atoms with Gasteiger partial charge in [-0.2, -0.15) is 0 Å². The fourth-order valence-corrected chi connectivity index (χ4v) is 1.48. The summed E-state index contributed by atoms with van der Waals surface area (Å²) >= 11 is 0. The molecule has 1 rings (SSSR count). The summed E-state index contributed by atoms with van der Waals surface area (Å²) in [6, 6.07) is 7.31. The van der Waals surface area contributed by atoms with E-state index in [1.807, 2.05) is 24.3 Å². The van der Waals surface area contributed by atoms with Crippen molar-refractivity contribution in [2.75, 3.05) is 7.11 Å². The van der Waals surface area contributed by atoms with Gasteiger partial charge in [0.15, 0.2) is 0 Å². The Hall–Kier alpha value is -2.04. The highest BCUT2D eigenvalue weighted by molar-refractivity contribution is 5.84. The number of hydrogen-bond acceptors (Lipinski definition) is 3. The van der Waals surface area contributed by atoms with E-state index in [1.165, 1.54) is 13.8 Å². The van der Waals surface area contributed by atoms with Crippen LogP contribution >= 0.6 is 0 Å². The number of hydrogen-bond donors (Lipinski definition) is 2. The van der Waals surface area contributed by atoms with Crippen molar-refractivity contribution >= 4 is 11.9 Å². The monoisotopic (exact) mass is 265 g/mol. The number of ether oxygens (including phenoxy) is 1. The normalized spacial score (nSPS) is 10.9. The standard InChI is InChI=1S/C14H19NO4/c1-14(2,13(17)18)8-12(16)15-9-10-4-6-11(19-3)7-5-10/h4-7H,8-9H2,1-3H3,(H,15,16)(H,17,18). The highest BCUT2D eigenvalue weighted by atomic mass is 16.5. The van der Waals surface area contributed by atoms with Crippen molar-refractivity contribution in [3.8, 4) is 5.75 Å². The lowest BCUT2D eigenvalue weighted by Crippen LogP contribution is -2.33. The number of methoxy groups -OCH3 is 1. The van der Waals surface area contributed by atoms with Crippen LogP contribution in [0.3, 0.4) is 0 Å². The van der Waals surface area contributed by atoms with Crippen molar-refractivity contribution in [2.24, 2.45) is 5.41 Å². The predicted octanol–water partition coefficient (Wildman–Crippen LogP) is 1.81. The molecule has 0 saturated heterocycles. The summed E-state index contributed by atoms with van der Waals surface area (Å²) in [6.45, 7) is 3.43. The Morgan fingerprint density at radius 3 is 2.32 bits per heavy atom. The Labute approximate surface area is 112 Å². The van der Waals surface area contributed by atoms with Gasteiger partial charge in [-0.25, -0.2) is 0 Å². The quantitative estimate of drug-likeness (QED) is 0.822. The van der Waals surface area contributed by atoms with Gasteiger partial charge < -0.3 is 15.2 Å². The van der Waals surface area contributed by atoms with Crippen molar-refractivity contribution in [3.63, 3.8) is 0 Å². The molecule has 2 N–H and O–H groups in total. The fraction of sp³-hybridized carbons (Fsp3) is 0.429. The molecule has 1 aromatic rings. The summed E-state index contributed by atoms with van der Waals surface area (Å²) in [6.07, 6.45) is -0.0432. The minimum Gasteiger partial charge on any atom is -0.497 e. The molecule has 0 aliphatic carbocycles. The average molecular weight is 265 g/mol. The van der Waals surface area contributed by atoms with E-state index >= 15 is 0 Å². The zero-order valence-electron chi connectivity index (χ0n) is 11.4. The second-order valence-electron chi connectivity index (χ2n) is 4.99. The van der Waals surface area contributed by atoms with Gasteiger partial charge in [0.25, 0.3) is 0 Å². The molecule has 0 aromatic heterocycles. The molecule has 19 heavy (non-hydrogen) atoms. The van der Waals surface area contributed by atoms with Gasteiger partial charge in [0, 0.05) is 13.0 Å². The first-order valence-electron chi connectivity index (χ1n) is 5.98. The van der Waals surface area contributed by atoms with Crippen LogP contribution in [0.25, 0.3) is 0 Å². The number of carbonyl (C=O) groups excluding carboxylic acids is 1. The molecular weight excluding hydrogens is 246 g/mol. The number of carboxylic acids is 1. The van der Waals surface area contributed by atoms with Gasteiger partial charge in [-0.15, -0.1) is 0 Å². The summed E-state index contributed by atoms with van der Waals surface area (Å²) in [5, 5.41) is 11.6. The van der Waals surface area contributed by atoms with E-state index in [9.17, 15) is 9.59 Å². The lowest BCUT2D eigenvalue weighted by Gasteiger charge is -2.18. The van der Waals surface area contributed by atoms with Crippen LogP contribution in [0.5, 0.6) is 5.75 Å². The van der Waals surface area contributed by atoms with E-state index in [-0.39, 0.29) is 12.3 Å². The summed E-state index contributed by atoms with van der Waals surface area (Å²) in [4.78, 5) is 22.6. The van der Waals surface area contributed by atoms with E-state index in [2.05, 4.69) is 5.32 Å². The molecule has 1 aromatic carbocycles. The van der Waals surface area contributed by atoms with Crippen LogP contribution in [0, 0.1) is 5.41 Å². The zero-order chi connectivity index (χ0) is 14.5. The molecule has 0 radical (unpaired) electrons. The summed E-state index contributed by atoms with van der Waals surface area (Å²) in [5.41, 5.74) is -0.119. The van der Waals surface area contributed by atoms with Crippen LogP contribution in [0.4, 0.5) is 0 Å². The molecule has 0 aliphatic rings. The Kier molecular flexibility index (Phi) is 4.92. The molecule has 0 bridgehead atoms. The number of rotatable bonds is 6. The predicted molar refractivity (Wildman–Crippen MR) is 70.9 cm³/mol. The number of carboxylic acid groups (broad SMARTS) is 1. The van der Waals surface area contributed by atoms with E-state index in [0.29, 0.717) is 6.54 Å². The van der Waals surface area contributed by atoms with Crippen LogP contribution in [0.15, 0.2) is 24.3 Å². The topological polar surface area (TPSA) is 75.6 Å². The van der Waals surface area contributed by atoms with Crippen molar-refractivity contribution in [2.45, 2.75) is 26.8 Å². The molecule has 5 nitrogen and oxygen atoms in total. The lowest BCUT2D eigenvalue weighted by atomic mass is 9.89. The van der Waals surface area contributed by atoms with E-state index < -0.39 is 11.4 Å². The van der Waals surface area contributed by atoms with Crippen molar-refractivity contribution in [1.82, 2.24) is 5.32 Å². The van der Waals surface area contributed by atoms with Gasteiger partial charge in [0.2, 0.25) is 5.91 Å². The first-order chi connectivity index (χ1) is 8.85. The first-order valence-corrected chi connectivity index (χ1v) is 5.98. The molecule has 104 valence electrons. The number of nitrogens with one attached hydrogen (secondary N) is 1.